The van der Waals surface area contributed by atoms with Gasteiger partial charge >= 0.3 is 6.36 Å². The van der Waals surface area contributed by atoms with Gasteiger partial charge in [0.15, 0.2) is 5.65 Å². The number of halogens is 3. The molecule has 2 heterocycles. The van der Waals surface area contributed by atoms with Crippen molar-refractivity contribution in [1.82, 2.24) is 14.5 Å². The van der Waals surface area contributed by atoms with Gasteiger partial charge in [0, 0.05) is 18.5 Å². The van der Waals surface area contributed by atoms with Crippen LogP contribution in [-0.2, 0) is 17.8 Å². The van der Waals surface area contributed by atoms with Crippen LogP contribution in [0.1, 0.15) is 31.2 Å². The molecule has 0 spiro atoms. The lowest BCUT2D eigenvalue weighted by molar-refractivity contribution is -0.274. The number of fused-ring (bicyclic) bond motifs is 1. The monoisotopic (exact) mass is 432 g/mol. The third-order valence-electron chi connectivity index (χ3n) is 5.85. The normalized spacial score (nSPS) is 16.3. The molecular formula is C22H23F3N4O2. The fourth-order valence-electron chi connectivity index (χ4n) is 4.00. The van der Waals surface area contributed by atoms with Crippen LogP contribution in [0, 0.1) is 17.8 Å². The molecule has 0 bridgehead atoms. The van der Waals surface area contributed by atoms with Gasteiger partial charge in [-0.2, -0.15) is 0 Å². The van der Waals surface area contributed by atoms with E-state index >= 15 is 0 Å². The Kier molecular flexibility index (Phi) is 5.60. The van der Waals surface area contributed by atoms with E-state index in [2.05, 4.69) is 21.6 Å². The number of pyridine rings is 1. The van der Waals surface area contributed by atoms with Crippen molar-refractivity contribution in [3.8, 4) is 5.75 Å². The van der Waals surface area contributed by atoms with Crippen LogP contribution < -0.4 is 10.5 Å². The minimum Gasteiger partial charge on any atom is -0.406 e. The first kappa shape index (κ1) is 21.1. The molecule has 6 nitrogen and oxygen atoms in total. The molecule has 164 valence electrons. The highest BCUT2D eigenvalue weighted by molar-refractivity contribution is 5.77. The molecule has 2 atom stereocenters. The minimum absolute atomic E-state index is 0.164. The first-order valence-corrected chi connectivity index (χ1v) is 10.2. The predicted molar refractivity (Wildman–Crippen MR) is 108 cm³/mol. The maximum atomic E-state index is 12.4. The molecule has 1 fully saturated rings. The summed E-state index contributed by atoms with van der Waals surface area (Å²) in [6, 6.07) is 9.31. The molecule has 1 aliphatic carbocycles. The Labute approximate surface area is 177 Å². The Balaban J connectivity index is 1.63. The molecule has 0 saturated heterocycles. The lowest BCUT2D eigenvalue weighted by Gasteiger charge is -2.21. The first-order valence-electron chi connectivity index (χ1n) is 10.2. The van der Waals surface area contributed by atoms with Crippen molar-refractivity contribution in [2.75, 3.05) is 0 Å². The van der Waals surface area contributed by atoms with Crippen molar-refractivity contribution in [3.05, 3.63) is 54.0 Å². The number of carbonyl (C=O) groups excluding carboxylic acids is 1. The highest BCUT2D eigenvalue weighted by Crippen LogP contribution is 2.41. The molecule has 31 heavy (non-hydrogen) atoms. The van der Waals surface area contributed by atoms with Crippen molar-refractivity contribution < 1.29 is 22.7 Å². The van der Waals surface area contributed by atoms with Crippen molar-refractivity contribution in [1.29, 1.82) is 0 Å². The largest absolute Gasteiger partial charge is 0.573 e. The SMILES string of the molecule is C[C@@H](C1CC1)C(Cc1nc2cccnc2n1Cc1ccc(OC(F)(F)F)cc1)C(N)=O. The zero-order valence-electron chi connectivity index (χ0n) is 17.0. The minimum atomic E-state index is -4.73. The van der Waals surface area contributed by atoms with Gasteiger partial charge in [0.2, 0.25) is 5.91 Å². The highest BCUT2D eigenvalue weighted by Gasteiger charge is 2.37. The number of carbonyl (C=O) groups is 1. The van der Waals surface area contributed by atoms with Gasteiger partial charge in [-0.3, -0.25) is 4.79 Å². The van der Waals surface area contributed by atoms with Crippen LogP contribution in [0.2, 0.25) is 0 Å². The highest BCUT2D eigenvalue weighted by atomic mass is 19.4. The van der Waals surface area contributed by atoms with Gasteiger partial charge in [-0.05, 0) is 54.5 Å². The van der Waals surface area contributed by atoms with Crippen molar-refractivity contribution in [2.24, 2.45) is 23.5 Å². The number of ether oxygens (including phenoxy) is 1. The molecular weight excluding hydrogens is 409 g/mol. The molecule has 1 aromatic carbocycles. The van der Waals surface area contributed by atoms with E-state index in [0.717, 1.165) is 18.4 Å². The van der Waals surface area contributed by atoms with Crippen LogP contribution in [0.15, 0.2) is 42.6 Å². The number of hydrogen-bond donors (Lipinski definition) is 1. The molecule has 0 radical (unpaired) electrons. The number of nitrogens with two attached hydrogens (primary N) is 1. The zero-order chi connectivity index (χ0) is 22.2. The van der Waals surface area contributed by atoms with E-state index in [1.165, 1.54) is 12.1 Å². The van der Waals surface area contributed by atoms with Crippen LogP contribution in [-0.4, -0.2) is 26.8 Å². The second-order valence-corrected chi connectivity index (χ2v) is 8.06. The van der Waals surface area contributed by atoms with E-state index in [1.54, 1.807) is 24.4 Å². The second kappa shape index (κ2) is 8.20. The van der Waals surface area contributed by atoms with E-state index in [9.17, 15) is 18.0 Å². The van der Waals surface area contributed by atoms with Gasteiger partial charge in [-0.1, -0.05) is 19.1 Å². The molecule has 1 saturated carbocycles. The summed E-state index contributed by atoms with van der Waals surface area (Å²) in [5, 5.41) is 0. The Morgan fingerprint density at radius 1 is 1.26 bits per heavy atom. The molecule has 1 amide bonds. The van der Waals surface area contributed by atoms with E-state index in [-0.39, 0.29) is 23.5 Å². The van der Waals surface area contributed by atoms with Gasteiger partial charge in [-0.25, -0.2) is 9.97 Å². The number of amides is 1. The van der Waals surface area contributed by atoms with Crippen molar-refractivity contribution >= 4 is 17.1 Å². The van der Waals surface area contributed by atoms with E-state index < -0.39 is 6.36 Å². The average molecular weight is 432 g/mol. The molecule has 4 rings (SSSR count). The summed E-state index contributed by atoms with van der Waals surface area (Å²) in [5.41, 5.74) is 7.81. The standard InChI is InChI=1S/C22H23F3N4O2/c1-13(15-6-7-15)17(20(26)30)11-19-28-18-3-2-10-27-21(18)29(19)12-14-4-8-16(9-5-14)31-22(23,24)25/h2-5,8-10,13,15,17H,6-7,11-12H2,1H3,(H2,26,30)/t13-,17?/m0/s1. The van der Waals surface area contributed by atoms with Crippen LogP contribution in [0.25, 0.3) is 11.2 Å². The van der Waals surface area contributed by atoms with Gasteiger partial charge in [0.25, 0.3) is 0 Å². The van der Waals surface area contributed by atoms with Crippen molar-refractivity contribution in [3.63, 3.8) is 0 Å². The zero-order valence-corrected chi connectivity index (χ0v) is 17.0. The quantitative estimate of drug-likeness (QED) is 0.582. The molecule has 0 aliphatic heterocycles. The molecule has 3 aromatic rings. The summed E-state index contributed by atoms with van der Waals surface area (Å²) in [5.74, 6) is 0.384. The Hall–Kier alpha value is -3.10. The lowest BCUT2D eigenvalue weighted by Crippen LogP contribution is -2.32. The van der Waals surface area contributed by atoms with Gasteiger partial charge in [0.05, 0.1) is 6.54 Å². The number of aromatic nitrogens is 3. The molecule has 1 unspecified atom stereocenters. The number of hydrogen-bond acceptors (Lipinski definition) is 4. The molecule has 2 aromatic heterocycles. The summed E-state index contributed by atoms with van der Waals surface area (Å²) < 4.78 is 43.1. The Morgan fingerprint density at radius 2 is 1.97 bits per heavy atom. The number of primary amides is 1. The topological polar surface area (TPSA) is 83.0 Å². The smallest absolute Gasteiger partial charge is 0.406 e. The van der Waals surface area contributed by atoms with Crippen LogP contribution in [0.3, 0.4) is 0 Å². The predicted octanol–water partition coefficient (Wildman–Crippen LogP) is 4.07. The lowest BCUT2D eigenvalue weighted by atomic mass is 9.86. The summed E-state index contributed by atoms with van der Waals surface area (Å²) in [4.78, 5) is 21.3. The van der Waals surface area contributed by atoms with E-state index in [0.29, 0.717) is 35.9 Å². The van der Waals surface area contributed by atoms with Gasteiger partial charge < -0.3 is 15.0 Å². The Morgan fingerprint density at radius 3 is 2.58 bits per heavy atom. The summed E-state index contributed by atoms with van der Waals surface area (Å²) in [6.45, 7) is 2.40. The van der Waals surface area contributed by atoms with Crippen LogP contribution in [0.5, 0.6) is 5.75 Å². The van der Waals surface area contributed by atoms with Crippen LogP contribution >= 0.6 is 0 Å². The number of benzene rings is 1. The number of imidazole rings is 1. The average Bonchev–Trinajstić information content (AvgIpc) is 3.50. The van der Waals surface area contributed by atoms with Gasteiger partial charge in [-0.15, -0.1) is 13.2 Å². The summed E-state index contributed by atoms with van der Waals surface area (Å²) in [7, 11) is 0. The first-order chi connectivity index (χ1) is 14.7. The van der Waals surface area contributed by atoms with E-state index in [4.69, 9.17) is 5.73 Å². The third-order valence-corrected chi connectivity index (χ3v) is 5.85. The van der Waals surface area contributed by atoms with Gasteiger partial charge in [0.1, 0.15) is 17.1 Å². The third kappa shape index (κ3) is 4.98. The summed E-state index contributed by atoms with van der Waals surface area (Å²) >= 11 is 0. The van der Waals surface area contributed by atoms with Crippen molar-refractivity contribution in [2.45, 2.75) is 39.1 Å². The summed E-state index contributed by atoms with van der Waals surface area (Å²) in [6.07, 6.45) is -0.479. The number of rotatable bonds is 8. The number of alkyl halides is 3. The molecule has 2 N–H and O–H groups in total. The Bertz CT molecular complexity index is 1070. The second-order valence-electron chi connectivity index (χ2n) is 8.06. The maximum absolute atomic E-state index is 12.4. The molecule has 9 heteroatoms. The molecule has 1 aliphatic rings. The maximum Gasteiger partial charge on any atom is 0.573 e. The fraction of sp³-hybridized carbons (Fsp3) is 0.409. The van der Waals surface area contributed by atoms with Crippen LogP contribution in [0.4, 0.5) is 13.2 Å². The fourth-order valence-corrected chi connectivity index (χ4v) is 4.00. The van der Waals surface area contributed by atoms with E-state index in [1.807, 2.05) is 10.6 Å². The number of nitrogens with zero attached hydrogens (tertiary/aromatic N) is 3.